The summed E-state index contributed by atoms with van der Waals surface area (Å²) in [5.41, 5.74) is -3.14. The number of hydrogen-bond donors (Lipinski definition) is 1. The first kappa shape index (κ1) is 28.1. The normalized spacial score (nSPS) is 12.4. The number of aryl methyl sites for hydroxylation is 1. The van der Waals surface area contributed by atoms with E-state index in [1.54, 1.807) is 0 Å². The molecule has 3 aromatic rings. The number of alkyl halides is 6. The van der Waals surface area contributed by atoms with E-state index in [2.05, 4.69) is 15.2 Å². The van der Waals surface area contributed by atoms with Crippen molar-refractivity contribution in [1.82, 2.24) is 9.78 Å². The van der Waals surface area contributed by atoms with Crippen molar-refractivity contribution in [2.24, 2.45) is 0 Å². The molecule has 0 bridgehead atoms. The van der Waals surface area contributed by atoms with E-state index in [1.807, 2.05) is 0 Å². The van der Waals surface area contributed by atoms with E-state index in [0.29, 0.717) is 12.1 Å². The zero-order valence-electron chi connectivity index (χ0n) is 18.8. The van der Waals surface area contributed by atoms with Gasteiger partial charge in [0.15, 0.2) is 0 Å². The van der Waals surface area contributed by atoms with Gasteiger partial charge >= 0.3 is 18.3 Å². The number of ether oxygens (including phenoxy) is 1. The predicted molar refractivity (Wildman–Crippen MR) is 123 cm³/mol. The quantitative estimate of drug-likeness (QED) is 0.122. The van der Waals surface area contributed by atoms with Crippen LogP contribution in [0.25, 0.3) is 11.8 Å². The maximum atomic E-state index is 13.1. The monoisotopic (exact) mass is 565 g/mol. The number of amides is 1. The van der Waals surface area contributed by atoms with Crippen LogP contribution in [-0.2, 0) is 26.7 Å². The Morgan fingerprint density at radius 2 is 1.62 bits per heavy atom. The number of nitrogens with one attached hydrogen (secondary N) is 1. The van der Waals surface area contributed by atoms with Crippen molar-refractivity contribution in [3.05, 3.63) is 80.6 Å². The molecule has 1 N–H and O–H groups in total. The fraction of sp³-hybridized carbons (Fsp3) is 0.174. The van der Waals surface area contributed by atoms with E-state index in [9.17, 15) is 35.9 Å². The molecule has 0 aliphatic carbocycles. The third kappa shape index (κ3) is 6.25. The topological polar surface area (TPSA) is 73.2 Å². The number of methoxy groups -OCH3 is 1. The Balaban J connectivity index is 2.04. The summed E-state index contributed by atoms with van der Waals surface area (Å²) in [6.07, 6.45) is -8.40. The van der Waals surface area contributed by atoms with Gasteiger partial charge in [-0.15, -0.1) is 0 Å². The minimum Gasteiger partial charge on any atom is -0.465 e. The number of benzene rings is 2. The smallest absolute Gasteiger partial charge is 0.416 e. The molecule has 1 heterocycles. The largest absolute Gasteiger partial charge is 0.465 e. The number of anilines is 1. The molecule has 1 amide bonds. The van der Waals surface area contributed by atoms with Gasteiger partial charge in [0.2, 0.25) is 0 Å². The standard InChI is InChI=1S/C23H15Cl2F6N3O3/c1-11-15(19(25)34(33-11)14-5-3-4-12(8-14)22(26,27)28)10-16(21(36)37-2)20(35)32-18-9-13(23(29,30)31)6-7-17(18)24/h3-10H,1-2H3,(H,32,35)/b16-10-. The fourth-order valence-corrected chi connectivity index (χ4v) is 3.61. The van der Waals surface area contributed by atoms with Crippen LogP contribution >= 0.6 is 23.2 Å². The van der Waals surface area contributed by atoms with Gasteiger partial charge < -0.3 is 10.1 Å². The molecular formula is C23H15Cl2F6N3O3. The van der Waals surface area contributed by atoms with Gasteiger partial charge in [0.25, 0.3) is 5.91 Å². The number of esters is 1. The Morgan fingerprint density at radius 3 is 2.22 bits per heavy atom. The fourth-order valence-electron chi connectivity index (χ4n) is 3.12. The average molecular weight is 566 g/mol. The van der Waals surface area contributed by atoms with Crippen molar-refractivity contribution in [2.45, 2.75) is 19.3 Å². The summed E-state index contributed by atoms with van der Waals surface area (Å²) in [7, 11) is 0.960. The van der Waals surface area contributed by atoms with Crippen molar-refractivity contribution < 1.29 is 40.7 Å². The first-order chi connectivity index (χ1) is 17.1. The zero-order chi connectivity index (χ0) is 27.7. The van der Waals surface area contributed by atoms with E-state index in [4.69, 9.17) is 23.2 Å². The summed E-state index contributed by atoms with van der Waals surface area (Å²) in [6.45, 7) is 1.41. The van der Waals surface area contributed by atoms with Crippen LogP contribution in [0, 0.1) is 6.92 Å². The van der Waals surface area contributed by atoms with Crippen molar-refractivity contribution in [1.29, 1.82) is 0 Å². The van der Waals surface area contributed by atoms with Gasteiger partial charge in [0, 0.05) is 5.56 Å². The second kappa shape index (κ2) is 10.5. The summed E-state index contributed by atoms with van der Waals surface area (Å²) >= 11 is 12.2. The Hall–Kier alpha value is -3.51. The van der Waals surface area contributed by atoms with Crippen LogP contribution in [0.4, 0.5) is 32.0 Å². The summed E-state index contributed by atoms with van der Waals surface area (Å²) in [4.78, 5) is 25.2. The van der Waals surface area contributed by atoms with Gasteiger partial charge in [-0.1, -0.05) is 29.3 Å². The molecule has 0 radical (unpaired) electrons. The van der Waals surface area contributed by atoms with Gasteiger partial charge in [-0.25, -0.2) is 9.48 Å². The van der Waals surface area contributed by atoms with Crippen molar-refractivity contribution in [2.75, 3.05) is 12.4 Å². The van der Waals surface area contributed by atoms with Gasteiger partial charge in [-0.05, 0) is 49.4 Å². The Bertz CT molecular complexity index is 1400. The molecule has 0 aliphatic rings. The second-order valence-corrected chi connectivity index (χ2v) is 8.21. The van der Waals surface area contributed by atoms with E-state index >= 15 is 0 Å². The lowest BCUT2D eigenvalue weighted by Gasteiger charge is -2.12. The number of nitrogens with zero attached hydrogens (tertiary/aromatic N) is 2. The van der Waals surface area contributed by atoms with Crippen LogP contribution in [0.2, 0.25) is 10.2 Å². The molecule has 0 atom stereocenters. The second-order valence-electron chi connectivity index (χ2n) is 7.45. The van der Waals surface area contributed by atoms with Crippen molar-refractivity contribution in [3.8, 4) is 5.69 Å². The Labute approximate surface area is 215 Å². The molecule has 0 fully saturated rings. The summed E-state index contributed by atoms with van der Waals surface area (Å²) < 4.78 is 84.1. The molecule has 1 aromatic heterocycles. The highest BCUT2D eigenvalue weighted by Gasteiger charge is 2.32. The number of rotatable bonds is 5. The number of carbonyl (C=O) groups excluding carboxylic acids is 2. The Kier molecular flexibility index (Phi) is 7.94. The molecule has 14 heteroatoms. The first-order valence-corrected chi connectivity index (χ1v) is 10.8. The number of aromatic nitrogens is 2. The third-order valence-electron chi connectivity index (χ3n) is 4.95. The van der Waals surface area contributed by atoms with Gasteiger partial charge in [-0.2, -0.15) is 31.4 Å². The SMILES string of the molecule is COC(=O)/C(=C\c1c(C)nn(-c2cccc(C(F)(F)F)c2)c1Cl)C(=O)Nc1cc(C(F)(F)F)ccc1Cl. The van der Waals surface area contributed by atoms with Crippen LogP contribution < -0.4 is 5.32 Å². The van der Waals surface area contributed by atoms with Crippen LogP contribution in [0.1, 0.15) is 22.4 Å². The molecule has 37 heavy (non-hydrogen) atoms. The third-order valence-corrected chi connectivity index (χ3v) is 5.64. The van der Waals surface area contributed by atoms with E-state index in [1.165, 1.54) is 13.0 Å². The molecule has 6 nitrogen and oxygen atoms in total. The lowest BCUT2D eigenvalue weighted by molar-refractivity contribution is -0.138. The first-order valence-electron chi connectivity index (χ1n) is 10.0. The molecule has 3 rings (SSSR count). The highest BCUT2D eigenvalue weighted by atomic mass is 35.5. The molecule has 0 aliphatic heterocycles. The highest BCUT2D eigenvalue weighted by Crippen LogP contribution is 2.35. The lowest BCUT2D eigenvalue weighted by Crippen LogP contribution is -2.22. The predicted octanol–water partition coefficient (Wildman–Crippen LogP) is 6.72. The van der Waals surface area contributed by atoms with Gasteiger partial charge in [0.1, 0.15) is 10.7 Å². The van der Waals surface area contributed by atoms with Crippen molar-refractivity contribution in [3.63, 3.8) is 0 Å². The minimum atomic E-state index is -4.73. The summed E-state index contributed by atoms with van der Waals surface area (Å²) in [6, 6.07) is 6.32. The molecule has 0 spiro atoms. The number of carbonyl (C=O) groups is 2. The van der Waals surface area contributed by atoms with Crippen LogP contribution in [0.3, 0.4) is 0 Å². The summed E-state index contributed by atoms with van der Waals surface area (Å²) in [5, 5.41) is 5.72. The maximum Gasteiger partial charge on any atom is 0.416 e. The molecule has 2 aromatic carbocycles. The van der Waals surface area contributed by atoms with Gasteiger partial charge in [-0.3, -0.25) is 4.79 Å². The van der Waals surface area contributed by atoms with E-state index in [-0.39, 0.29) is 27.1 Å². The zero-order valence-corrected chi connectivity index (χ0v) is 20.3. The highest BCUT2D eigenvalue weighted by molar-refractivity contribution is 6.35. The van der Waals surface area contributed by atoms with Crippen LogP contribution in [0.15, 0.2) is 48.0 Å². The van der Waals surface area contributed by atoms with Crippen LogP contribution in [-0.4, -0.2) is 28.8 Å². The maximum absolute atomic E-state index is 13.1. The Morgan fingerprint density at radius 1 is 1.00 bits per heavy atom. The molecule has 0 saturated carbocycles. The molecule has 0 unspecified atom stereocenters. The molecule has 0 saturated heterocycles. The molecule has 196 valence electrons. The van der Waals surface area contributed by atoms with Crippen molar-refractivity contribution >= 4 is 46.8 Å². The van der Waals surface area contributed by atoms with E-state index < -0.39 is 46.6 Å². The lowest BCUT2D eigenvalue weighted by atomic mass is 10.1. The summed E-state index contributed by atoms with van der Waals surface area (Å²) in [5.74, 6) is -2.36. The minimum absolute atomic E-state index is 0.0234. The number of hydrogen-bond acceptors (Lipinski definition) is 4. The average Bonchev–Trinajstić information content (AvgIpc) is 3.10. The van der Waals surface area contributed by atoms with Gasteiger partial charge in [0.05, 0.1) is 40.3 Å². The van der Waals surface area contributed by atoms with E-state index in [0.717, 1.165) is 42.1 Å². The van der Waals surface area contributed by atoms with Crippen LogP contribution in [0.5, 0.6) is 0 Å². The number of halogens is 8. The molecular weight excluding hydrogens is 551 g/mol.